The summed E-state index contributed by atoms with van der Waals surface area (Å²) in [6.45, 7) is 3.31. The van der Waals surface area contributed by atoms with Gasteiger partial charge < -0.3 is 14.6 Å². The van der Waals surface area contributed by atoms with Crippen LogP contribution >= 0.6 is 0 Å². The van der Waals surface area contributed by atoms with E-state index in [1.165, 1.54) is 13.0 Å². The molecule has 0 bridgehead atoms. The first-order valence-electron chi connectivity index (χ1n) is 7.90. The Kier molecular flexibility index (Phi) is 6.34. The van der Waals surface area contributed by atoms with Crippen molar-refractivity contribution in [2.75, 3.05) is 13.2 Å². The summed E-state index contributed by atoms with van der Waals surface area (Å²) in [6.07, 6.45) is 1.64. The molecule has 2 aromatic rings. The van der Waals surface area contributed by atoms with Gasteiger partial charge in [-0.2, -0.15) is 0 Å². The Morgan fingerprint density at radius 3 is 2.48 bits per heavy atom. The fourth-order valence-corrected chi connectivity index (χ4v) is 2.18. The summed E-state index contributed by atoms with van der Waals surface area (Å²) < 4.78 is 10.4. The Morgan fingerprint density at radius 2 is 1.84 bits per heavy atom. The predicted octanol–water partition coefficient (Wildman–Crippen LogP) is 3.46. The van der Waals surface area contributed by atoms with Gasteiger partial charge >= 0.3 is 5.97 Å². The molecular formula is C20H20O5. The third-order valence-corrected chi connectivity index (χ3v) is 3.31. The van der Waals surface area contributed by atoms with Crippen LogP contribution in [0, 0.1) is 0 Å². The van der Waals surface area contributed by atoms with Gasteiger partial charge in [0.1, 0.15) is 6.61 Å². The molecular weight excluding hydrogens is 320 g/mol. The van der Waals surface area contributed by atoms with Crippen molar-refractivity contribution in [1.82, 2.24) is 0 Å². The highest BCUT2D eigenvalue weighted by Gasteiger charge is 2.15. The molecule has 5 heteroatoms. The molecule has 0 unspecified atom stereocenters. The van der Waals surface area contributed by atoms with Crippen LogP contribution in [0.2, 0.25) is 0 Å². The molecule has 1 N–H and O–H groups in total. The summed E-state index contributed by atoms with van der Waals surface area (Å²) in [4.78, 5) is 23.5. The lowest BCUT2D eigenvalue weighted by atomic mass is 10.0. The lowest BCUT2D eigenvalue weighted by molar-refractivity contribution is -0.141. The summed E-state index contributed by atoms with van der Waals surface area (Å²) in [7, 11) is 0. The second-order valence-corrected chi connectivity index (χ2v) is 5.36. The maximum Gasteiger partial charge on any atom is 0.339 e. The third kappa shape index (κ3) is 5.21. The second kappa shape index (κ2) is 8.68. The van der Waals surface area contributed by atoms with E-state index < -0.39 is 5.97 Å². The molecule has 130 valence electrons. The van der Waals surface area contributed by atoms with Crippen molar-refractivity contribution >= 4 is 23.4 Å². The number of carbonyl (C=O) groups is 2. The van der Waals surface area contributed by atoms with Gasteiger partial charge in [-0.1, -0.05) is 36.4 Å². The standard InChI is InChI=1S/C20H20O5/c1-3-24-19-12-15(9-10-18(19)22)11-17(16-7-5-4-6-8-16)20(23)25-13-14(2)21/h4-12,22H,3,13H2,1-2H3/b17-11+. The summed E-state index contributed by atoms with van der Waals surface area (Å²) >= 11 is 0. The molecule has 2 rings (SSSR count). The second-order valence-electron chi connectivity index (χ2n) is 5.36. The average molecular weight is 340 g/mol. The van der Waals surface area contributed by atoms with Crippen LogP contribution in [0.3, 0.4) is 0 Å². The number of aromatic hydroxyl groups is 1. The van der Waals surface area contributed by atoms with Crippen LogP contribution in [-0.4, -0.2) is 30.1 Å². The summed E-state index contributed by atoms with van der Waals surface area (Å²) in [5.74, 6) is -0.461. The number of phenols is 1. The maximum absolute atomic E-state index is 12.4. The Hall–Kier alpha value is -3.08. The van der Waals surface area contributed by atoms with Gasteiger partial charge in [-0.15, -0.1) is 0 Å². The lowest BCUT2D eigenvalue weighted by Crippen LogP contribution is -2.12. The van der Waals surface area contributed by atoms with Gasteiger partial charge in [-0.3, -0.25) is 4.79 Å². The number of phenolic OH excluding ortho intramolecular Hbond substituents is 1. The summed E-state index contributed by atoms with van der Waals surface area (Å²) in [5.41, 5.74) is 1.65. The van der Waals surface area contributed by atoms with E-state index in [0.29, 0.717) is 29.1 Å². The number of hydrogen-bond acceptors (Lipinski definition) is 5. The fraction of sp³-hybridized carbons (Fsp3) is 0.200. The van der Waals surface area contributed by atoms with Gasteiger partial charge in [0.25, 0.3) is 0 Å². The lowest BCUT2D eigenvalue weighted by Gasteiger charge is -2.10. The molecule has 0 atom stereocenters. The Morgan fingerprint density at radius 1 is 1.12 bits per heavy atom. The zero-order valence-corrected chi connectivity index (χ0v) is 14.2. The maximum atomic E-state index is 12.4. The first-order chi connectivity index (χ1) is 12.0. The van der Waals surface area contributed by atoms with Crippen LogP contribution in [0.5, 0.6) is 11.5 Å². The van der Waals surface area contributed by atoms with Crippen LogP contribution in [0.4, 0.5) is 0 Å². The number of hydrogen-bond donors (Lipinski definition) is 1. The minimum atomic E-state index is -0.590. The van der Waals surface area contributed by atoms with E-state index in [1.807, 2.05) is 25.1 Å². The molecule has 25 heavy (non-hydrogen) atoms. The molecule has 0 aromatic heterocycles. The van der Waals surface area contributed by atoms with Gasteiger partial charge in [0.15, 0.2) is 17.3 Å². The minimum Gasteiger partial charge on any atom is -0.504 e. The van der Waals surface area contributed by atoms with Crippen molar-refractivity contribution in [3.63, 3.8) is 0 Å². The summed E-state index contributed by atoms with van der Waals surface area (Å²) in [5, 5.41) is 9.80. The molecule has 0 aliphatic carbocycles. The highest BCUT2D eigenvalue weighted by atomic mass is 16.5. The number of benzene rings is 2. The molecule has 0 amide bonds. The van der Waals surface area contributed by atoms with E-state index >= 15 is 0 Å². The van der Waals surface area contributed by atoms with Crippen LogP contribution in [0.1, 0.15) is 25.0 Å². The normalized spacial score (nSPS) is 11.0. The first-order valence-corrected chi connectivity index (χ1v) is 7.90. The number of rotatable bonds is 7. The minimum absolute atomic E-state index is 0.0272. The number of esters is 1. The fourth-order valence-electron chi connectivity index (χ4n) is 2.18. The number of ketones is 1. The van der Waals surface area contributed by atoms with Crippen LogP contribution in [0.25, 0.3) is 11.6 Å². The number of Topliss-reactive ketones (excluding diaryl/α,β-unsaturated/α-hetero) is 1. The molecule has 0 saturated carbocycles. The molecule has 5 nitrogen and oxygen atoms in total. The van der Waals surface area contributed by atoms with E-state index in [1.54, 1.807) is 30.3 Å². The van der Waals surface area contributed by atoms with E-state index in [9.17, 15) is 14.7 Å². The van der Waals surface area contributed by atoms with Crippen molar-refractivity contribution in [2.24, 2.45) is 0 Å². The van der Waals surface area contributed by atoms with Crippen LogP contribution < -0.4 is 4.74 Å². The van der Waals surface area contributed by atoms with Gasteiger partial charge in [0.05, 0.1) is 12.2 Å². The zero-order chi connectivity index (χ0) is 18.2. The Labute approximate surface area is 146 Å². The monoisotopic (exact) mass is 340 g/mol. The van der Waals surface area contributed by atoms with E-state index in [4.69, 9.17) is 9.47 Å². The molecule has 0 radical (unpaired) electrons. The predicted molar refractivity (Wildman–Crippen MR) is 95.2 cm³/mol. The topological polar surface area (TPSA) is 72.8 Å². The molecule has 0 aliphatic rings. The third-order valence-electron chi connectivity index (χ3n) is 3.31. The van der Waals surface area contributed by atoms with Crippen LogP contribution in [-0.2, 0) is 14.3 Å². The molecule has 0 saturated heterocycles. The van der Waals surface area contributed by atoms with Gasteiger partial charge in [0, 0.05) is 0 Å². The molecule has 0 fully saturated rings. The smallest absolute Gasteiger partial charge is 0.339 e. The summed E-state index contributed by atoms with van der Waals surface area (Å²) in [6, 6.07) is 13.8. The van der Waals surface area contributed by atoms with Gasteiger partial charge in [-0.25, -0.2) is 4.79 Å². The van der Waals surface area contributed by atoms with Gasteiger partial charge in [0.2, 0.25) is 0 Å². The molecule has 0 aliphatic heterocycles. The zero-order valence-electron chi connectivity index (χ0n) is 14.2. The molecule has 0 heterocycles. The SMILES string of the molecule is CCOc1cc(/C=C(/C(=O)OCC(C)=O)c2ccccc2)ccc1O. The van der Waals surface area contributed by atoms with Crippen molar-refractivity contribution in [1.29, 1.82) is 0 Å². The van der Waals surface area contributed by atoms with Crippen LogP contribution in [0.15, 0.2) is 48.5 Å². The first kappa shape index (κ1) is 18.3. The van der Waals surface area contributed by atoms with Gasteiger partial charge in [-0.05, 0) is 43.2 Å². The van der Waals surface area contributed by atoms with Crippen molar-refractivity contribution in [2.45, 2.75) is 13.8 Å². The Bertz CT molecular complexity index is 778. The number of ether oxygens (including phenoxy) is 2. The largest absolute Gasteiger partial charge is 0.504 e. The quantitative estimate of drug-likeness (QED) is 0.475. The van der Waals surface area contributed by atoms with E-state index in [2.05, 4.69) is 0 Å². The van der Waals surface area contributed by atoms with Crippen molar-refractivity contribution in [3.8, 4) is 11.5 Å². The van der Waals surface area contributed by atoms with E-state index in [0.717, 1.165) is 0 Å². The average Bonchev–Trinajstić information content (AvgIpc) is 2.61. The van der Waals surface area contributed by atoms with E-state index in [-0.39, 0.29) is 18.1 Å². The number of carbonyl (C=O) groups excluding carboxylic acids is 2. The highest BCUT2D eigenvalue weighted by molar-refractivity contribution is 6.21. The highest BCUT2D eigenvalue weighted by Crippen LogP contribution is 2.29. The van der Waals surface area contributed by atoms with Crippen molar-refractivity contribution in [3.05, 3.63) is 59.7 Å². The Balaban J connectivity index is 2.41. The molecule has 0 spiro atoms. The van der Waals surface area contributed by atoms with Crippen molar-refractivity contribution < 1.29 is 24.2 Å². The molecule has 2 aromatic carbocycles.